The first-order chi connectivity index (χ1) is 11.2. The van der Waals surface area contributed by atoms with Gasteiger partial charge in [-0.2, -0.15) is 0 Å². The van der Waals surface area contributed by atoms with Crippen molar-refractivity contribution in [2.45, 2.75) is 25.9 Å². The molecule has 1 N–H and O–H groups in total. The lowest BCUT2D eigenvalue weighted by molar-refractivity contribution is 0.0564. The number of urea groups is 1. The molecular formula is C17H24N2O4. The van der Waals surface area contributed by atoms with Gasteiger partial charge in [-0.1, -0.05) is 6.07 Å². The summed E-state index contributed by atoms with van der Waals surface area (Å²) in [5.41, 5.74) is 1.79. The van der Waals surface area contributed by atoms with Crippen molar-refractivity contribution in [2.24, 2.45) is 0 Å². The molecule has 1 atom stereocenters. The third-order valence-corrected chi connectivity index (χ3v) is 4.13. The normalized spacial score (nSPS) is 21.3. The number of hydrogen-bond acceptors (Lipinski definition) is 4. The van der Waals surface area contributed by atoms with Crippen molar-refractivity contribution in [3.63, 3.8) is 0 Å². The largest absolute Gasteiger partial charge is 0.489 e. The molecule has 2 heterocycles. The fourth-order valence-electron chi connectivity index (χ4n) is 2.77. The van der Waals surface area contributed by atoms with Crippen LogP contribution in [0.3, 0.4) is 0 Å². The molecule has 126 valence electrons. The minimum absolute atomic E-state index is 0.112. The second-order valence-electron chi connectivity index (χ2n) is 5.98. The number of carbonyl (C=O) groups is 1. The highest BCUT2D eigenvalue weighted by Crippen LogP contribution is 2.27. The Morgan fingerprint density at radius 1 is 1.35 bits per heavy atom. The van der Waals surface area contributed by atoms with Gasteiger partial charge in [0.1, 0.15) is 12.4 Å². The van der Waals surface area contributed by atoms with Gasteiger partial charge >= 0.3 is 6.03 Å². The molecule has 2 aliphatic rings. The molecule has 0 radical (unpaired) electrons. The van der Waals surface area contributed by atoms with E-state index >= 15 is 0 Å². The standard InChI is InChI=1S/C17H24N2O4/c1-13-4-5-15(18-17(20)19-6-9-21-10-7-19)16(11-13)23-12-14-3-2-8-22-14/h4-5,11,14H,2-3,6-10,12H2,1H3,(H,18,20)/t14-/m0/s1. The zero-order valence-corrected chi connectivity index (χ0v) is 13.5. The first kappa shape index (κ1) is 16.1. The van der Waals surface area contributed by atoms with Crippen LogP contribution < -0.4 is 10.1 Å². The van der Waals surface area contributed by atoms with E-state index in [-0.39, 0.29) is 12.1 Å². The molecule has 0 spiro atoms. The van der Waals surface area contributed by atoms with Crippen LogP contribution in [0.2, 0.25) is 0 Å². The van der Waals surface area contributed by atoms with E-state index in [0.29, 0.717) is 44.3 Å². The minimum Gasteiger partial charge on any atom is -0.489 e. The predicted molar refractivity (Wildman–Crippen MR) is 87.1 cm³/mol. The number of amides is 2. The highest BCUT2D eigenvalue weighted by atomic mass is 16.5. The predicted octanol–water partition coefficient (Wildman–Crippen LogP) is 2.42. The van der Waals surface area contributed by atoms with Gasteiger partial charge in [0.2, 0.25) is 0 Å². The third kappa shape index (κ3) is 4.36. The van der Waals surface area contributed by atoms with Crippen LogP contribution in [0.1, 0.15) is 18.4 Å². The molecule has 23 heavy (non-hydrogen) atoms. The number of anilines is 1. The van der Waals surface area contributed by atoms with Crippen LogP contribution in [0.25, 0.3) is 0 Å². The van der Waals surface area contributed by atoms with Gasteiger partial charge in [0.05, 0.1) is 25.0 Å². The van der Waals surface area contributed by atoms with Crippen LogP contribution in [0, 0.1) is 6.92 Å². The molecule has 6 nitrogen and oxygen atoms in total. The molecule has 0 aromatic heterocycles. The van der Waals surface area contributed by atoms with Gasteiger partial charge in [-0.15, -0.1) is 0 Å². The highest BCUT2D eigenvalue weighted by Gasteiger charge is 2.20. The summed E-state index contributed by atoms with van der Waals surface area (Å²) in [6, 6.07) is 5.69. The zero-order valence-electron chi connectivity index (χ0n) is 13.5. The molecule has 2 amide bonds. The van der Waals surface area contributed by atoms with Crippen LogP contribution in [-0.4, -0.2) is 56.6 Å². The van der Waals surface area contributed by atoms with Gasteiger partial charge in [-0.05, 0) is 37.5 Å². The molecule has 2 fully saturated rings. The molecule has 2 saturated heterocycles. The van der Waals surface area contributed by atoms with E-state index in [4.69, 9.17) is 14.2 Å². The number of benzene rings is 1. The molecule has 1 aromatic rings. The number of nitrogens with one attached hydrogen (secondary N) is 1. The molecule has 0 unspecified atom stereocenters. The van der Waals surface area contributed by atoms with E-state index in [9.17, 15) is 4.79 Å². The summed E-state index contributed by atoms with van der Waals surface area (Å²) in [5, 5.41) is 2.95. The lowest BCUT2D eigenvalue weighted by atomic mass is 10.2. The monoisotopic (exact) mass is 320 g/mol. The summed E-state index contributed by atoms with van der Waals surface area (Å²) in [7, 11) is 0. The Morgan fingerprint density at radius 3 is 2.91 bits per heavy atom. The van der Waals surface area contributed by atoms with Crippen LogP contribution in [-0.2, 0) is 9.47 Å². The van der Waals surface area contributed by atoms with E-state index in [0.717, 1.165) is 25.0 Å². The average Bonchev–Trinajstić information content (AvgIpc) is 3.09. The van der Waals surface area contributed by atoms with E-state index < -0.39 is 0 Å². The third-order valence-electron chi connectivity index (χ3n) is 4.13. The quantitative estimate of drug-likeness (QED) is 0.925. The molecule has 6 heteroatoms. The van der Waals surface area contributed by atoms with Crippen molar-refractivity contribution in [1.82, 2.24) is 4.90 Å². The first-order valence-corrected chi connectivity index (χ1v) is 8.21. The summed E-state index contributed by atoms with van der Waals surface area (Å²) >= 11 is 0. The molecule has 0 bridgehead atoms. The van der Waals surface area contributed by atoms with Gasteiger partial charge in [0.25, 0.3) is 0 Å². The average molecular weight is 320 g/mol. The van der Waals surface area contributed by atoms with Crippen molar-refractivity contribution >= 4 is 11.7 Å². The number of ether oxygens (including phenoxy) is 3. The maximum atomic E-state index is 12.3. The number of rotatable bonds is 4. The Morgan fingerprint density at radius 2 is 2.17 bits per heavy atom. The lowest BCUT2D eigenvalue weighted by Gasteiger charge is -2.27. The number of hydrogen-bond donors (Lipinski definition) is 1. The SMILES string of the molecule is Cc1ccc(NC(=O)N2CCOCC2)c(OC[C@@H]2CCCO2)c1. The van der Waals surface area contributed by atoms with Crippen molar-refractivity contribution in [3.05, 3.63) is 23.8 Å². The van der Waals surface area contributed by atoms with E-state index in [1.807, 2.05) is 25.1 Å². The van der Waals surface area contributed by atoms with Gasteiger partial charge in [-0.25, -0.2) is 4.79 Å². The van der Waals surface area contributed by atoms with Crippen LogP contribution in [0.15, 0.2) is 18.2 Å². The Bertz CT molecular complexity index is 537. The fraction of sp³-hybridized carbons (Fsp3) is 0.588. The van der Waals surface area contributed by atoms with Crippen molar-refractivity contribution in [3.8, 4) is 5.75 Å². The van der Waals surface area contributed by atoms with Gasteiger partial charge in [-0.3, -0.25) is 0 Å². The Balaban J connectivity index is 1.63. The van der Waals surface area contributed by atoms with Gasteiger partial charge in [0.15, 0.2) is 0 Å². The minimum atomic E-state index is -0.112. The topological polar surface area (TPSA) is 60.0 Å². The lowest BCUT2D eigenvalue weighted by Crippen LogP contribution is -2.43. The van der Waals surface area contributed by atoms with E-state index in [1.165, 1.54) is 0 Å². The summed E-state index contributed by atoms with van der Waals surface area (Å²) in [5.74, 6) is 0.696. The summed E-state index contributed by atoms with van der Waals surface area (Å²) in [4.78, 5) is 14.1. The van der Waals surface area contributed by atoms with Crippen molar-refractivity contribution < 1.29 is 19.0 Å². The fourth-order valence-corrected chi connectivity index (χ4v) is 2.77. The molecule has 0 aliphatic carbocycles. The van der Waals surface area contributed by atoms with Gasteiger partial charge in [0, 0.05) is 19.7 Å². The van der Waals surface area contributed by atoms with E-state index in [2.05, 4.69) is 5.32 Å². The molecule has 1 aromatic carbocycles. The van der Waals surface area contributed by atoms with Crippen LogP contribution in [0.4, 0.5) is 10.5 Å². The Labute approximate surface area is 136 Å². The summed E-state index contributed by atoms with van der Waals surface area (Å²) < 4.78 is 16.8. The van der Waals surface area contributed by atoms with Crippen LogP contribution in [0.5, 0.6) is 5.75 Å². The summed E-state index contributed by atoms with van der Waals surface area (Å²) in [6.07, 6.45) is 2.27. The second kappa shape index (κ2) is 7.66. The molecular weight excluding hydrogens is 296 g/mol. The first-order valence-electron chi connectivity index (χ1n) is 8.21. The van der Waals surface area contributed by atoms with Crippen molar-refractivity contribution in [2.75, 3.05) is 44.8 Å². The smallest absolute Gasteiger partial charge is 0.322 e. The molecule has 0 saturated carbocycles. The molecule has 3 rings (SSSR count). The number of aryl methyl sites for hydroxylation is 1. The number of morpholine rings is 1. The van der Waals surface area contributed by atoms with Gasteiger partial charge < -0.3 is 24.4 Å². The molecule has 2 aliphatic heterocycles. The maximum absolute atomic E-state index is 12.3. The zero-order chi connectivity index (χ0) is 16.1. The maximum Gasteiger partial charge on any atom is 0.322 e. The highest BCUT2D eigenvalue weighted by molar-refractivity contribution is 5.91. The Kier molecular flexibility index (Phi) is 5.35. The Hall–Kier alpha value is -1.79. The number of carbonyl (C=O) groups excluding carboxylic acids is 1. The van der Waals surface area contributed by atoms with Crippen LogP contribution >= 0.6 is 0 Å². The number of nitrogens with zero attached hydrogens (tertiary/aromatic N) is 1. The summed E-state index contributed by atoms with van der Waals surface area (Å²) in [6.45, 7) is 5.74. The second-order valence-corrected chi connectivity index (χ2v) is 5.98. The van der Waals surface area contributed by atoms with E-state index in [1.54, 1.807) is 4.90 Å². The van der Waals surface area contributed by atoms with Crippen molar-refractivity contribution in [1.29, 1.82) is 0 Å².